The highest BCUT2D eigenvalue weighted by Gasteiger charge is 2.29. The highest BCUT2D eigenvalue weighted by Crippen LogP contribution is 2.29. The molecule has 1 aliphatic carbocycles. The molecule has 0 spiro atoms. The topological polar surface area (TPSA) is 15.3 Å². The zero-order valence-corrected chi connectivity index (χ0v) is 14.6. The molecular formula is C17H34N2S. The Balaban J connectivity index is 1.82. The van der Waals surface area contributed by atoms with Crippen LogP contribution in [0, 0.1) is 5.92 Å². The summed E-state index contributed by atoms with van der Waals surface area (Å²) in [6.45, 7) is 8.68. The summed E-state index contributed by atoms with van der Waals surface area (Å²) in [5.41, 5.74) is 0. The summed E-state index contributed by atoms with van der Waals surface area (Å²) >= 11 is 2.08. The van der Waals surface area contributed by atoms with E-state index in [1.165, 1.54) is 64.6 Å². The van der Waals surface area contributed by atoms with Gasteiger partial charge >= 0.3 is 0 Å². The van der Waals surface area contributed by atoms with Crippen molar-refractivity contribution in [2.45, 2.75) is 76.1 Å². The summed E-state index contributed by atoms with van der Waals surface area (Å²) in [6.07, 6.45) is 12.1. The number of hydrogen-bond acceptors (Lipinski definition) is 3. The van der Waals surface area contributed by atoms with Gasteiger partial charge in [-0.1, -0.05) is 19.8 Å². The van der Waals surface area contributed by atoms with Gasteiger partial charge in [0.25, 0.3) is 0 Å². The average Bonchev–Trinajstić information content (AvgIpc) is 2.48. The molecule has 1 saturated heterocycles. The van der Waals surface area contributed by atoms with E-state index >= 15 is 0 Å². The SMILES string of the molecule is CCCN1CCCC(C(C)NC2CCCCC2SC)C1. The summed E-state index contributed by atoms with van der Waals surface area (Å²) in [5, 5.41) is 4.85. The molecule has 0 radical (unpaired) electrons. The molecular weight excluding hydrogens is 264 g/mol. The predicted octanol–water partition coefficient (Wildman–Crippen LogP) is 3.76. The van der Waals surface area contributed by atoms with Crippen molar-refractivity contribution in [1.82, 2.24) is 10.2 Å². The number of nitrogens with zero attached hydrogens (tertiary/aromatic N) is 1. The first kappa shape index (κ1) is 16.6. The van der Waals surface area contributed by atoms with Crippen LogP contribution in [0.1, 0.15) is 58.8 Å². The molecule has 1 aliphatic heterocycles. The van der Waals surface area contributed by atoms with Crippen LogP contribution in [0.5, 0.6) is 0 Å². The minimum atomic E-state index is 0.687. The molecule has 1 N–H and O–H groups in total. The van der Waals surface area contributed by atoms with Gasteiger partial charge < -0.3 is 10.2 Å². The predicted molar refractivity (Wildman–Crippen MR) is 91.6 cm³/mol. The summed E-state index contributed by atoms with van der Waals surface area (Å²) in [4.78, 5) is 2.68. The van der Waals surface area contributed by atoms with Gasteiger partial charge in [0.05, 0.1) is 0 Å². The molecule has 4 atom stereocenters. The molecule has 4 unspecified atom stereocenters. The van der Waals surface area contributed by atoms with E-state index in [0.29, 0.717) is 6.04 Å². The Kier molecular flexibility index (Phi) is 7.20. The van der Waals surface area contributed by atoms with Crippen LogP contribution in [-0.4, -0.2) is 48.1 Å². The van der Waals surface area contributed by atoms with Gasteiger partial charge in [-0.25, -0.2) is 0 Å². The second-order valence-electron chi connectivity index (χ2n) is 6.82. The monoisotopic (exact) mass is 298 g/mol. The lowest BCUT2D eigenvalue weighted by Crippen LogP contribution is -2.51. The summed E-state index contributed by atoms with van der Waals surface area (Å²) < 4.78 is 0. The normalized spacial score (nSPS) is 34.0. The first-order chi connectivity index (χ1) is 9.74. The third-order valence-electron chi connectivity index (χ3n) is 5.27. The van der Waals surface area contributed by atoms with Crippen molar-refractivity contribution >= 4 is 11.8 Å². The molecule has 118 valence electrons. The Morgan fingerprint density at radius 3 is 2.75 bits per heavy atom. The smallest absolute Gasteiger partial charge is 0.0198 e. The third kappa shape index (κ3) is 4.64. The lowest BCUT2D eigenvalue weighted by Gasteiger charge is -2.39. The Labute approximate surface area is 130 Å². The van der Waals surface area contributed by atoms with E-state index in [-0.39, 0.29) is 0 Å². The van der Waals surface area contributed by atoms with Crippen LogP contribution in [0.25, 0.3) is 0 Å². The molecule has 1 saturated carbocycles. The number of piperidine rings is 1. The minimum absolute atomic E-state index is 0.687. The van der Waals surface area contributed by atoms with Gasteiger partial charge in [-0.05, 0) is 64.3 Å². The number of likely N-dealkylation sites (tertiary alicyclic amines) is 1. The van der Waals surface area contributed by atoms with Gasteiger partial charge in [-0.15, -0.1) is 0 Å². The Morgan fingerprint density at radius 1 is 1.20 bits per heavy atom. The maximum Gasteiger partial charge on any atom is 0.0198 e. The molecule has 3 heteroatoms. The molecule has 0 aromatic carbocycles. The highest BCUT2D eigenvalue weighted by molar-refractivity contribution is 7.99. The van der Waals surface area contributed by atoms with Crippen LogP contribution < -0.4 is 5.32 Å². The molecule has 0 aromatic heterocycles. The first-order valence-electron chi connectivity index (χ1n) is 8.75. The van der Waals surface area contributed by atoms with Crippen molar-refractivity contribution in [3.05, 3.63) is 0 Å². The Hall–Kier alpha value is 0.270. The van der Waals surface area contributed by atoms with Gasteiger partial charge in [-0.2, -0.15) is 11.8 Å². The molecule has 1 heterocycles. The van der Waals surface area contributed by atoms with Gasteiger partial charge in [0.15, 0.2) is 0 Å². The van der Waals surface area contributed by atoms with Crippen molar-refractivity contribution in [1.29, 1.82) is 0 Å². The van der Waals surface area contributed by atoms with Gasteiger partial charge in [0.2, 0.25) is 0 Å². The summed E-state index contributed by atoms with van der Waals surface area (Å²) in [5.74, 6) is 0.861. The third-order valence-corrected chi connectivity index (χ3v) is 6.44. The number of thioether (sulfide) groups is 1. The van der Waals surface area contributed by atoms with Crippen molar-refractivity contribution < 1.29 is 0 Å². The van der Waals surface area contributed by atoms with Crippen molar-refractivity contribution in [2.24, 2.45) is 5.92 Å². The summed E-state index contributed by atoms with van der Waals surface area (Å²) in [6, 6.07) is 1.45. The molecule has 0 amide bonds. The van der Waals surface area contributed by atoms with Crippen LogP contribution in [0.2, 0.25) is 0 Å². The van der Waals surface area contributed by atoms with Crippen molar-refractivity contribution in [2.75, 3.05) is 25.9 Å². The molecule has 2 fully saturated rings. The number of nitrogens with one attached hydrogen (secondary N) is 1. The zero-order valence-electron chi connectivity index (χ0n) is 13.7. The van der Waals surface area contributed by atoms with E-state index < -0.39 is 0 Å². The summed E-state index contributed by atoms with van der Waals surface area (Å²) in [7, 11) is 0. The zero-order chi connectivity index (χ0) is 14.4. The van der Waals surface area contributed by atoms with Crippen LogP contribution in [0.3, 0.4) is 0 Å². The minimum Gasteiger partial charge on any atom is -0.310 e. The number of hydrogen-bond donors (Lipinski definition) is 1. The Morgan fingerprint density at radius 2 is 2.00 bits per heavy atom. The molecule has 0 aromatic rings. The van der Waals surface area contributed by atoms with E-state index in [1.807, 2.05) is 0 Å². The molecule has 20 heavy (non-hydrogen) atoms. The molecule has 2 rings (SSSR count). The van der Waals surface area contributed by atoms with E-state index in [4.69, 9.17) is 0 Å². The van der Waals surface area contributed by atoms with Crippen LogP contribution >= 0.6 is 11.8 Å². The quantitative estimate of drug-likeness (QED) is 0.804. The fourth-order valence-corrected chi connectivity index (χ4v) is 5.01. The van der Waals surface area contributed by atoms with Crippen molar-refractivity contribution in [3.8, 4) is 0 Å². The molecule has 2 aliphatic rings. The second-order valence-corrected chi connectivity index (χ2v) is 7.90. The standard InChI is InChI=1S/C17H34N2S/c1-4-11-19-12-7-8-15(13-19)14(2)18-16-9-5-6-10-17(16)20-3/h14-18H,4-13H2,1-3H3. The second kappa shape index (κ2) is 8.65. The fraction of sp³-hybridized carbons (Fsp3) is 1.00. The van der Waals surface area contributed by atoms with E-state index in [2.05, 4.69) is 42.1 Å². The average molecular weight is 299 g/mol. The van der Waals surface area contributed by atoms with Gasteiger partial charge in [0, 0.05) is 23.9 Å². The fourth-order valence-electron chi connectivity index (χ4n) is 4.06. The largest absolute Gasteiger partial charge is 0.310 e. The van der Waals surface area contributed by atoms with Crippen molar-refractivity contribution in [3.63, 3.8) is 0 Å². The lowest BCUT2D eigenvalue weighted by molar-refractivity contribution is 0.144. The lowest BCUT2D eigenvalue weighted by atomic mass is 9.88. The maximum absolute atomic E-state index is 4.00. The van der Waals surface area contributed by atoms with E-state index in [1.54, 1.807) is 0 Å². The first-order valence-corrected chi connectivity index (χ1v) is 10.0. The maximum atomic E-state index is 4.00. The Bertz CT molecular complexity index is 270. The molecule has 2 nitrogen and oxygen atoms in total. The van der Waals surface area contributed by atoms with E-state index in [9.17, 15) is 0 Å². The van der Waals surface area contributed by atoms with Crippen LogP contribution in [0.15, 0.2) is 0 Å². The van der Waals surface area contributed by atoms with Crippen LogP contribution in [-0.2, 0) is 0 Å². The number of rotatable bonds is 6. The highest BCUT2D eigenvalue weighted by atomic mass is 32.2. The van der Waals surface area contributed by atoms with Gasteiger partial charge in [0.1, 0.15) is 0 Å². The van der Waals surface area contributed by atoms with Crippen LogP contribution in [0.4, 0.5) is 0 Å². The van der Waals surface area contributed by atoms with Gasteiger partial charge in [-0.3, -0.25) is 0 Å². The van der Waals surface area contributed by atoms with E-state index in [0.717, 1.165) is 17.2 Å². The molecule has 0 bridgehead atoms.